The molecule has 0 radical (unpaired) electrons. The van der Waals surface area contributed by atoms with E-state index in [4.69, 9.17) is 0 Å². The Kier molecular flexibility index (Phi) is 3.30. The Bertz CT molecular complexity index is 290. The molecule has 78 valence electrons. The molecule has 1 heteroatoms. The van der Waals surface area contributed by atoms with Crippen LogP contribution in [0.1, 0.15) is 27.7 Å². The minimum absolute atomic E-state index is 0.0372. The molecule has 0 saturated heterocycles. The van der Waals surface area contributed by atoms with Gasteiger partial charge in [0.15, 0.2) is 0 Å². The van der Waals surface area contributed by atoms with E-state index in [1.165, 1.54) is 5.57 Å². The van der Waals surface area contributed by atoms with Crippen LogP contribution in [0.15, 0.2) is 35.5 Å². The fourth-order valence-electron chi connectivity index (χ4n) is 1.69. The molecule has 0 bridgehead atoms. The predicted octanol–water partition coefficient (Wildman–Crippen LogP) is 4.06. The van der Waals surface area contributed by atoms with Crippen molar-refractivity contribution in [2.75, 3.05) is 6.67 Å². The first-order chi connectivity index (χ1) is 6.44. The van der Waals surface area contributed by atoms with Crippen LogP contribution >= 0.6 is 0 Å². The minimum atomic E-state index is -0.376. The van der Waals surface area contributed by atoms with Gasteiger partial charge in [0.2, 0.25) is 0 Å². The van der Waals surface area contributed by atoms with Crippen LogP contribution in [0, 0.1) is 11.3 Å². The summed E-state index contributed by atoms with van der Waals surface area (Å²) in [5.41, 5.74) is 2.03. The third kappa shape index (κ3) is 2.83. The number of hydrogen-bond donors (Lipinski definition) is 0. The van der Waals surface area contributed by atoms with E-state index in [9.17, 15) is 4.39 Å². The zero-order valence-electron chi connectivity index (χ0n) is 9.47. The molecule has 0 fully saturated rings. The molecule has 0 heterocycles. The van der Waals surface area contributed by atoms with Gasteiger partial charge in [0.25, 0.3) is 0 Å². The fourth-order valence-corrected chi connectivity index (χ4v) is 1.69. The van der Waals surface area contributed by atoms with Crippen LogP contribution < -0.4 is 0 Å². The van der Waals surface area contributed by atoms with E-state index >= 15 is 0 Å². The summed E-state index contributed by atoms with van der Waals surface area (Å²) >= 11 is 0. The lowest BCUT2D eigenvalue weighted by Crippen LogP contribution is -2.05. The first kappa shape index (κ1) is 11.2. The lowest BCUT2D eigenvalue weighted by atomic mass is 9.88. The maximum absolute atomic E-state index is 12.6. The SMILES string of the molecule is CC(C)C1=CC(C)(C)C=C(CF)C=C1. The summed E-state index contributed by atoms with van der Waals surface area (Å²) in [6.45, 7) is 8.16. The molecule has 0 N–H and O–H groups in total. The highest BCUT2D eigenvalue weighted by atomic mass is 19.1. The van der Waals surface area contributed by atoms with Crippen LogP contribution in [0.3, 0.4) is 0 Å². The molecule has 14 heavy (non-hydrogen) atoms. The van der Waals surface area contributed by atoms with Crippen molar-refractivity contribution in [1.29, 1.82) is 0 Å². The summed E-state index contributed by atoms with van der Waals surface area (Å²) in [7, 11) is 0. The number of hydrogen-bond acceptors (Lipinski definition) is 0. The Balaban J connectivity index is 3.03. The highest BCUT2D eigenvalue weighted by Gasteiger charge is 2.16. The Morgan fingerprint density at radius 1 is 1.21 bits per heavy atom. The number of rotatable bonds is 2. The fraction of sp³-hybridized carbons (Fsp3) is 0.538. The Hall–Kier alpha value is -0.850. The highest BCUT2D eigenvalue weighted by molar-refractivity contribution is 5.36. The van der Waals surface area contributed by atoms with Crippen molar-refractivity contribution in [1.82, 2.24) is 0 Å². The van der Waals surface area contributed by atoms with Gasteiger partial charge >= 0.3 is 0 Å². The summed E-state index contributed by atoms with van der Waals surface area (Å²) in [4.78, 5) is 0. The van der Waals surface area contributed by atoms with E-state index in [1.54, 1.807) is 0 Å². The molecule has 1 rings (SSSR count). The molecule has 0 aromatic carbocycles. The van der Waals surface area contributed by atoms with Gasteiger partial charge in [-0.05, 0) is 17.1 Å². The summed E-state index contributed by atoms with van der Waals surface area (Å²) in [5, 5.41) is 0. The lowest BCUT2D eigenvalue weighted by Gasteiger charge is -2.17. The molecule has 0 saturated carbocycles. The minimum Gasteiger partial charge on any atom is -0.246 e. The maximum atomic E-state index is 12.6. The van der Waals surface area contributed by atoms with Crippen molar-refractivity contribution in [3.63, 3.8) is 0 Å². The molecule has 1 aliphatic carbocycles. The van der Waals surface area contributed by atoms with Gasteiger partial charge in [0, 0.05) is 5.41 Å². The van der Waals surface area contributed by atoms with Gasteiger partial charge in [0.1, 0.15) is 6.67 Å². The van der Waals surface area contributed by atoms with Crippen LogP contribution in [-0.2, 0) is 0 Å². The molecule has 0 atom stereocenters. The third-order valence-electron chi connectivity index (χ3n) is 2.41. The van der Waals surface area contributed by atoms with Crippen molar-refractivity contribution in [2.24, 2.45) is 11.3 Å². The number of allylic oxidation sites excluding steroid dienone is 6. The Labute approximate surface area is 86.2 Å². The monoisotopic (exact) mass is 194 g/mol. The van der Waals surface area contributed by atoms with Crippen LogP contribution in [0.4, 0.5) is 4.39 Å². The van der Waals surface area contributed by atoms with Crippen molar-refractivity contribution in [3.05, 3.63) is 35.5 Å². The molecule has 0 unspecified atom stereocenters. The van der Waals surface area contributed by atoms with Crippen LogP contribution in [0.2, 0.25) is 0 Å². The molecule has 0 aromatic heterocycles. The van der Waals surface area contributed by atoms with Crippen molar-refractivity contribution in [3.8, 4) is 0 Å². The third-order valence-corrected chi connectivity index (χ3v) is 2.41. The van der Waals surface area contributed by atoms with E-state index in [-0.39, 0.29) is 12.1 Å². The van der Waals surface area contributed by atoms with Gasteiger partial charge in [-0.25, -0.2) is 4.39 Å². The highest BCUT2D eigenvalue weighted by Crippen LogP contribution is 2.29. The molecule has 0 aromatic rings. The summed E-state index contributed by atoms with van der Waals surface area (Å²) in [5.74, 6) is 0.498. The molecule has 0 nitrogen and oxygen atoms in total. The van der Waals surface area contributed by atoms with E-state index in [1.807, 2.05) is 18.2 Å². The maximum Gasteiger partial charge on any atom is 0.114 e. The van der Waals surface area contributed by atoms with Crippen molar-refractivity contribution >= 4 is 0 Å². The quantitative estimate of drug-likeness (QED) is 0.622. The topological polar surface area (TPSA) is 0 Å². The van der Waals surface area contributed by atoms with Crippen LogP contribution in [0.25, 0.3) is 0 Å². The second-order valence-electron chi connectivity index (χ2n) is 4.81. The predicted molar refractivity (Wildman–Crippen MR) is 59.9 cm³/mol. The molecule has 0 aliphatic heterocycles. The van der Waals surface area contributed by atoms with Crippen LogP contribution in [0.5, 0.6) is 0 Å². The van der Waals surface area contributed by atoms with Gasteiger partial charge in [-0.1, -0.05) is 52.0 Å². The second kappa shape index (κ2) is 4.12. The Morgan fingerprint density at radius 3 is 2.36 bits per heavy atom. The first-order valence-corrected chi connectivity index (χ1v) is 5.13. The van der Waals surface area contributed by atoms with E-state index in [0.717, 1.165) is 5.57 Å². The largest absolute Gasteiger partial charge is 0.246 e. The van der Waals surface area contributed by atoms with Crippen LogP contribution in [-0.4, -0.2) is 6.67 Å². The average molecular weight is 194 g/mol. The van der Waals surface area contributed by atoms with E-state index in [2.05, 4.69) is 33.8 Å². The normalized spacial score (nSPS) is 20.4. The van der Waals surface area contributed by atoms with Gasteiger partial charge in [-0.15, -0.1) is 0 Å². The van der Waals surface area contributed by atoms with Crippen molar-refractivity contribution < 1.29 is 4.39 Å². The Morgan fingerprint density at radius 2 is 1.86 bits per heavy atom. The van der Waals surface area contributed by atoms with Gasteiger partial charge in [0.05, 0.1) is 0 Å². The van der Waals surface area contributed by atoms with Gasteiger partial charge < -0.3 is 0 Å². The number of halogens is 1. The first-order valence-electron chi connectivity index (χ1n) is 5.13. The lowest BCUT2D eigenvalue weighted by molar-refractivity contribution is 0.537. The van der Waals surface area contributed by atoms with Gasteiger partial charge in [-0.3, -0.25) is 0 Å². The molecule has 1 aliphatic rings. The number of alkyl halides is 1. The van der Waals surface area contributed by atoms with E-state index < -0.39 is 0 Å². The molecular weight excluding hydrogens is 175 g/mol. The van der Waals surface area contributed by atoms with Crippen molar-refractivity contribution in [2.45, 2.75) is 27.7 Å². The summed E-state index contributed by atoms with van der Waals surface area (Å²) < 4.78 is 12.6. The zero-order chi connectivity index (χ0) is 10.8. The molecule has 0 spiro atoms. The second-order valence-corrected chi connectivity index (χ2v) is 4.81. The summed E-state index contributed by atoms with van der Waals surface area (Å²) in [6.07, 6.45) is 8.14. The van der Waals surface area contributed by atoms with E-state index in [0.29, 0.717) is 5.92 Å². The molecular formula is C13H19F. The standard InChI is InChI=1S/C13H19F/c1-10(2)12-6-5-11(9-14)7-13(3,4)8-12/h5-8,10H,9H2,1-4H3. The zero-order valence-corrected chi connectivity index (χ0v) is 9.47. The molecule has 0 amide bonds. The average Bonchev–Trinajstić information content (AvgIpc) is 2.23. The smallest absolute Gasteiger partial charge is 0.114 e. The van der Waals surface area contributed by atoms with Gasteiger partial charge in [-0.2, -0.15) is 0 Å². The summed E-state index contributed by atoms with van der Waals surface area (Å²) in [6, 6.07) is 0.